The number of sulfonamides is 1. The summed E-state index contributed by atoms with van der Waals surface area (Å²) in [7, 11) is -3.52. The highest BCUT2D eigenvalue weighted by atomic mass is 32.2. The van der Waals surface area contributed by atoms with Gasteiger partial charge in [-0.05, 0) is 42.7 Å². The van der Waals surface area contributed by atoms with Gasteiger partial charge in [0.25, 0.3) is 0 Å². The summed E-state index contributed by atoms with van der Waals surface area (Å²) in [4.78, 5) is 26.7. The summed E-state index contributed by atoms with van der Waals surface area (Å²) in [6.45, 7) is 8.16. The lowest BCUT2D eigenvalue weighted by Crippen LogP contribution is -2.50. The van der Waals surface area contributed by atoms with Crippen LogP contribution in [0, 0.1) is 12.8 Å². The van der Waals surface area contributed by atoms with E-state index in [4.69, 9.17) is 0 Å². The third-order valence-electron chi connectivity index (χ3n) is 5.65. The fourth-order valence-electron chi connectivity index (χ4n) is 3.79. The molecule has 1 fully saturated rings. The van der Waals surface area contributed by atoms with E-state index in [0.29, 0.717) is 49.7 Å². The van der Waals surface area contributed by atoms with E-state index in [0.717, 1.165) is 11.1 Å². The average molecular weight is 487 g/mol. The second-order valence-corrected chi connectivity index (χ2v) is 11.1. The first-order chi connectivity index (χ1) is 16.1. The number of amides is 2. The van der Waals surface area contributed by atoms with Gasteiger partial charge in [-0.25, -0.2) is 8.42 Å². The van der Waals surface area contributed by atoms with Crippen LogP contribution < -0.4 is 10.6 Å². The molecule has 2 N–H and O–H groups in total. The Morgan fingerprint density at radius 1 is 0.971 bits per heavy atom. The van der Waals surface area contributed by atoms with Gasteiger partial charge in [0.05, 0.1) is 11.4 Å². The van der Waals surface area contributed by atoms with Crippen LogP contribution in [0.2, 0.25) is 0 Å². The Hall–Kier alpha value is -2.75. The van der Waals surface area contributed by atoms with Crippen LogP contribution in [0.4, 0.5) is 5.69 Å². The molecule has 0 aliphatic carbocycles. The number of anilines is 1. The van der Waals surface area contributed by atoms with E-state index in [1.165, 1.54) is 4.31 Å². The molecule has 9 heteroatoms. The summed E-state index contributed by atoms with van der Waals surface area (Å²) in [5.41, 5.74) is 2.62. The molecule has 2 amide bonds. The number of nitrogens with zero attached hydrogens (tertiary/aromatic N) is 2. The van der Waals surface area contributed by atoms with Crippen molar-refractivity contribution in [1.82, 2.24) is 14.5 Å². The largest absolute Gasteiger partial charge is 0.351 e. The third kappa shape index (κ3) is 7.38. The van der Waals surface area contributed by atoms with E-state index >= 15 is 0 Å². The monoisotopic (exact) mass is 486 g/mol. The molecule has 34 heavy (non-hydrogen) atoms. The van der Waals surface area contributed by atoms with Crippen molar-refractivity contribution in [3.63, 3.8) is 0 Å². The molecule has 2 aromatic carbocycles. The van der Waals surface area contributed by atoms with Crippen molar-refractivity contribution in [2.75, 3.05) is 38.0 Å². The second-order valence-electron chi connectivity index (χ2n) is 9.12. The fraction of sp³-hybridized carbons (Fsp3) is 0.440. The molecule has 2 aromatic rings. The highest BCUT2D eigenvalue weighted by molar-refractivity contribution is 7.89. The van der Waals surface area contributed by atoms with Crippen molar-refractivity contribution < 1.29 is 18.0 Å². The number of hydrogen-bond donors (Lipinski definition) is 2. The number of carbonyl (C=O) groups excluding carboxylic acids is 2. The molecule has 0 spiro atoms. The average Bonchev–Trinajstić information content (AvgIpc) is 2.78. The molecule has 1 aliphatic rings. The molecule has 0 atom stereocenters. The van der Waals surface area contributed by atoms with Gasteiger partial charge in [0.1, 0.15) is 0 Å². The molecule has 1 heterocycles. The van der Waals surface area contributed by atoms with Gasteiger partial charge in [-0.15, -0.1) is 0 Å². The molecule has 1 saturated heterocycles. The van der Waals surface area contributed by atoms with Crippen molar-refractivity contribution in [3.05, 3.63) is 59.7 Å². The smallest absolute Gasteiger partial charge is 0.243 e. The summed E-state index contributed by atoms with van der Waals surface area (Å²) in [6, 6.07) is 14.3. The maximum Gasteiger partial charge on any atom is 0.243 e. The summed E-state index contributed by atoms with van der Waals surface area (Å²) in [5.74, 6) is 0.135. The number of rotatable bonds is 9. The molecule has 0 aromatic heterocycles. The zero-order chi connectivity index (χ0) is 24.7. The first kappa shape index (κ1) is 25.9. The zero-order valence-electron chi connectivity index (χ0n) is 20.1. The lowest BCUT2D eigenvalue weighted by atomic mass is 10.1. The van der Waals surface area contributed by atoms with Crippen LogP contribution in [0.25, 0.3) is 0 Å². The quantitative estimate of drug-likeness (QED) is 0.568. The predicted octanol–water partition coefficient (Wildman–Crippen LogP) is 2.60. The molecular formula is C25H34N4O4S. The van der Waals surface area contributed by atoms with Gasteiger partial charge in [-0.3, -0.25) is 14.5 Å². The minimum atomic E-state index is -3.52. The van der Waals surface area contributed by atoms with Crippen LogP contribution in [0.3, 0.4) is 0 Å². The fourth-order valence-corrected chi connectivity index (χ4v) is 5.21. The first-order valence-corrected chi connectivity index (χ1v) is 13.0. The normalized spacial score (nSPS) is 15.3. The molecule has 0 unspecified atom stereocenters. The van der Waals surface area contributed by atoms with Crippen LogP contribution >= 0.6 is 0 Å². The summed E-state index contributed by atoms with van der Waals surface area (Å²) < 4.78 is 27.1. The van der Waals surface area contributed by atoms with E-state index in [2.05, 4.69) is 10.6 Å². The van der Waals surface area contributed by atoms with E-state index in [9.17, 15) is 18.0 Å². The molecule has 3 rings (SSSR count). The molecule has 0 saturated carbocycles. The molecule has 1 aliphatic heterocycles. The highest BCUT2D eigenvalue weighted by Crippen LogP contribution is 2.18. The van der Waals surface area contributed by atoms with E-state index in [1.807, 2.05) is 49.9 Å². The Kier molecular flexibility index (Phi) is 8.82. The Bertz CT molecular complexity index is 1090. The maximum atomic E-state index is 12.8. The molecule has 0 bridgehead atoms. The number of aryl methyl sites for hydroxylation is 1. The van der Waals surface area contributed by atoms with Gasteiger partial charge in [-0.1, -0.05) is 43.7 Å². The zero-order valence-corrected chi connectivity index (χ0v) is 20.9. The van der Waals surface area contributed by atoms with Gasteiger partial charge in [-0.2, -0.15) is 4.31 Å². The van der Waals surface area contributed by atoms with Gasteiger partial charge in [0.15, 0.2) is 0 Å². The standard InChI is InChI=1S/C25H34N4O4S/c1-19(2)15-24(30)27-22-6-4-5-21(16-22)17-26-25(31)18-28-11-13-29(14-12-28)34(32,33)23-9-7-20(3)8-10-23/h4-10,16,19H,11-15,17-18H2,1-3H3,(H,26,31)(H,27,30). The SMILES string of the molecule is Cc1ccc(S(=O)(=O)N2CCN(CC(=O)NCc3cccc(NC(=O)CC(C)C)c3)CC2)cc1. The van der Waals surface area contributed by atoms with E-state index in [1.54, 1.807) is 24.3 Å². The Labute approximate surface area is 202 Å². The highest BCUT2D eigenvalue weighted by Gasteiger charge is 2.28. The van der Waals surface area contributed by atoms with Crippen molar-refractivity contribution in [2.45, 2.75) is 38.6 Å². The Morgan fingerprint density at radius 3 is 2.29 bits per heavy atom. The lowest BCUT2D eigenvalue weighted by Gasteiger charge is -2.33. The van der Waals surface area contributed by atoms with Gasteiger partial charge in [0.2, 0.25) is 21.8 Å². The van der Waals surface area contributed by atoms with E-state index in [-0.39, 0.29) is 24.3 Å². The van der Waals surface area contributed by atoms with Crippen LogP contribution in [0.15, 0.2) is 53.4 Å². The number of nitrogens with one attached hydrogen (secondary N) is 2. The van der Waals surface area contributed by atoms with Gasteiger partial charge >= 0.3 is 0 Å². The van der Waals surface area contributed by atoms with Gasteiger partial charge < -0.3 is 10.6 Å². The minimum Gasteiger partial charge on any atom is -0.351 e. The Morgan fingerprint density at radius 2 is 1.65 bits per heavy atom. The van der Waals surface area contributed by atoms with Crippen LogP contribution in [0.5, 0.6) is 0 Å². The number of hydrogen-bond acceptors (Lipinski definition) is 5. The number of benzene rings is 2. The second kappa shape index (κ2) is 11.6. The lowest BCUT2D eigenvalue weighted by molar-refractivity contribution is -0.122. The van der Waals surface area contributed by atoms with Crippen molar-refractivity contribution in [2.24, 2.45) is 5.92 Å². The summed E-state index contributed by atoms with van der Waals surface area (Å²) in [6.07, 6.45) is 0.459. The maximum absolute atomic E-state index is 12.8. The van der Waals surface area contributed by atoms with Gasteiger partial charge in [0, 0.05) is 44.8 Å². The third-order valence-corrected chi connectivity index (χ3v) is 7.56. The molecular weight excluding hydrogens is 452 g/mol. The van der Waals surface area contributed by atoms with Crippen molar-refractivity contribution >= 4 is 27.5 Å². The summed E-state index contributed by atoms with van der Waals surface area (Å²) >= 11 is 0. The van der Waals surface area contributed by atoms with Crippen LogP contribution in [0.1, 0.15) is 31.4 Å². The first-order valence-electron chi connectivity index (χ1n) is 11.6. The van der Waals surface area contributed by atoms with Crippen molar-refractivity contribution in [3.8, 4) is 0 Å². The number of carbonyl (C=O) groups is 2. The van der Waals surface area contributed by atoms with Crippen LogP contribution in [-0.4, -0.2) is 62.2 Å². The predicted molar refractivity (Wildman–Crippen MR) is 133 cm³/mol. The topological polar surface area (TPSA) is 98.8 Å². The molecule has 184 valence electrons. The molecule has 8 nitrogen and oxygen atoms in total. The number of piperazine rings is 1. The molecule has 0 radical (unpaired) electrons. The Balaban J connectivity index is 1.45. The summed E-state index contributed by atoms with van der Waals surface area (Å²) in [5, 5.41) is 5.79. The minimum absolute atomic E-state index is 0.0280. The van der Waals surface area contributed by atoms with Crippen LogP contribution in [-0.2, 0) is 26.2 Å². The van der Waals surface area contributed by atoms with E-state index < -0.39 is 10.0 Å². The van der Waals surface area contributed by atoms with Crippen molar-refractivity contribution in [1.29, 1.82) is 0 Å².